The lowest BCUT2D eigenvalue weighted by atomic mass is 10.2. The van der Waals surface area contributed by atoms with E-state index in [1.54, 1.807) is 0 Å². The first-order chi connectivity index (χ1) is 5.35. The molecule has 0 aliphatic rings. The first kappa shape index (κ1) is 11.4. The predicted octanol–water partition coefficient (Wildman–Crippen LogP) is 0.0255. The van der Waals surface area contributed by atoms with Gasteiger partial charge in [-0.2, -0.15) is 0 Å². The SMILES string of the molecule is C[N+](C)(C)CC(CC(=O)O)OO. The molecule has 0 amide bonds. The van der Waals surface area contributed by atoms with Gasteiger partial charge >= 0.3 is 5.97 Å². The number of rotatable bonds is 5. The molecule has 0 aliphatic carbocycles. The molecule has 0 heterocycles. The molecule has 0 bridgehead atoms. The zero-order valence-corrected chi connectivity index (χ0v) is 7.65. The number of carboxylic acids is 1. The van der Waals surface area contributed by atoms with Gasteiger partial charge in [-0.05, 0) is 0 Å². The van der Waals surface area contributed by atoms with Crippen LogP contribution in [0.3, 0.4) is 0 Å². The molecule has 0 aromatic heterocycles. The highest BCUT2D eigenvalue weighted by molar-refractivity contribution is 5.67. The summed E-state index contributed by atoms with van der Waals surface area (Å²) < 4.78 is 0.554. The largest absolute Gasteiger partial charge is 0.481 e. The van der Waals surface area contributed by atoms with Gasteiger partial charge in [0.05, 0.1) is 27.6 Å². The van der Waals surface area contributed by atoms with Crippen LogP contribution >= 0.6 is 0 Å². The van der Waals surface area contributed by atoms with Crippen molar-refractivity contribution >= 4 is 5.97 Å². The second-order valence-electron chi connectivity index (χ2n) is 3.80. The van der Waals surface area contributed by atoms with Crippen LogP contribution in [0.5, 0.6) is 0 Å². The molecule has 0 spiro atoms. The van der Waals surface area contributed by atoms with Gasteiger partial charge in [-0.3, -0.25) is 10.1 Å². The topological polar surface area (TPSA) is 66.8 Å². The molecule has 1 unspecified atom stereocenters. The molecule has 0 radical (unpaired) electrons. The lowest BCUT2D eigenvalue weighted by Gasteiger charge is -2.26. The lowest BCUT2D eigenvalue weighted by Crippen LogP contribution is -2.42. The summed E-state index contributed by atoms with van der Waals surface area (Å²) in [5, 5.41) is 16.8. The highest BCUT2D eigenvalue weighted by atomic mass is 17.1. The zero-order valence-electron chi connectivity index (χ0n) is 7.65. The third-order valence-electron chi connectivity index (χ3n) is 1.30. The molecule has 5 heteroatoms. The van der Waals surface area contributed by atoms with Crippen molar-refractivity contribution in [3.05, 3.63) is 0 Å². The second kappa shape index (κ2) is 4.39. The second-order valence-corrected chi connectivity index (χ2v) is 3.80. The van der Waals surface area contributed by atoms with E-state index < -0.39 is 12.1 Å². The number of quaternary nitrogens is 1. The molecule has 1 atom stereocenters. The van der Waals surface area contributed by atoms with E-state index in [4.69, 9.17) is 10.4 Å². The van der Waals surface area contributed by atoms with E-state index in [1.165, 1.54) is 0 Å². The van der Waals surface area contributed by atoms with Crippen molar-refractivity contribution in [2.45, 2.75) is 12.5 Å². The maximum absolute atomic E-state index is 10.3. The van der Waals surface area contributed by atoms with Gasteiger partial charge in [-0.15, -0.1) is 0 Å². The van der Waals surface area contributed by atoms with Gasteiger partial charge in [-0.1, -0.05) is 0 Å². The highest BCUT2D eigenvalue weighted by Gasteiger charge is 2.21. The van der Waals surface area contributed by atoms with Gasteiger partial charge in [0.2, 0.25) is 0 Å². The monoisotopic (exact) mass is 178 g/mol. The fourth-order valence-corrected chi connectivity index (χ4v) is 0.941. The summed E-state index contributed by atoms with van der Waals surface area (Å²) >= 11 is 0. The number of carboxylic acid groups (broad SMARTS) is 1. The van der Waals surface area contributed by atoms with Crippen LogP contribution in [-0.2, 0) is 9.68 Å². The standard InChI is InChI=1S/C7H15NO4/c1-8(2,3)5-6(12-11)4-7(9)10/h6H,4-5H2,1-3H3,(H-,9,10,11)/p+1. The van der Waals surface area contributed by atoms with Crippen molar-refractivity contribution in [2.24, 2.45) is 0 Å². The molecule has 0 saturated heterocycles. The molecule has 0 fully saturated rings. The summed E-state index contributed by atoms with van der Waals surface area (Å²) in [5.74, 6) is -0.970. The molecule has 0 aliphatic heterocycles. The Morgan fingerprint density at radius 1 is 1.50 bits per heavy atom. The van der Waals surface area contributed by atoms with Gasteiger partial charge in [0.25, 0.3) is 0 Å². The normalized spacial score (nSPS) is 14.3. The summed E-state index contributed by atoms with van der Waals surface area (Å²) in [4.78, 5) is 14.3. The average Bonchev–Trinajstić information content (AvgIpc) is 1.82. The quantitative estimate of drug-likeness (QED) is 0.354. The van der Waals surface area contributed by atoms with E-state index in [-0.39, 0.29) is 6.42 Å². The maximum Gasteiger partial charge on any atom is 0.306 e. The van der Waals surface area contributed by atoms with Crippen LogP contribution in [-0.4, -0.2) is 54.6 Å². The van der Waals surface area contributed by atoms with Gasteiger partial charge in [0, 0.05) is 0 Å². The Kier molecular flexibility index (Phi) is 4.16. The minimum Gasteiger partial charge on any atom is -0.481 e. The average molecular weight is 178 g/mol. The molecule has 0 saturated carbocycles. The number of hydrogen-bond donors (Lipinski definition) is 2. The van der Waals surface area contributed by atoms with Crippen molar-refractivity contribution in [3.8, 4) is 0 Å². The van der Waals surface area contributed by atoms with Crippen LogP contribution in [0, 0.1) is 0 Å². The molecular formula is C7H16NO4+. The van der Waals surface area contributed by atoms with Gasteiger partial charge in [-0.25, -0.2) is 4.89 Å². The fraction of sp³-hybridized carbons (Fsp3) is 0.857. The van der Waals surface area contributed by atoms with Crippen molar-refractivity contribution < 1.29 is 24.5 Å². The molecule has 2 N–H and O–H groups in total. The molecule has 5 nitrogen and oxygen atoms in total. The fourth-order valence-electron chi connectivity index (χ4n) is 0.941. The van der Waals surface area contributed by atoms with Gasteiger partial charge in [0.15, 0.2) is 6.10 Å². The van der Waals surface area contributed by atoms with Crippen LogP contribution in [0.4, 0.5) is 0 Å². The minimum absolute atomic E-state index is 0.175. The van der Waals surface area contributed by atoms with E-state index >= 15 is 0 Å². The number of aliphatic carboxylic acids is 1. The van der Waals surface area contributed by atoms with Crippen molar-refractivity contribution in [1.82, 2.24) is 0 Å². The van der Waals surface area contributed by atoms with Crippen LogP contribution in [0.25, 0.3) is 0 Å². The van der Waals surface area contributed by atoms with Gasteiger partial charge in [0.1, 0.15) is 6.54 Å². The maximum atomic E-state index is 10.3. The van der Waals surface area contributed by atoms with E-state index in [0.29, 0.717) is 11.0 Å². The van der Waals surface area contributed by atoms with E-state index in [0.717, 1.165) is 0 Å². The Balaban J connectivity index is 3.92. The molecular weight excluding hydrogens is 162 g/mol. The smallest absolute Gasteiger partial charge is 0.306 e. The first-order valence-electron chi connectivity index (χ1n) is 3.67. The van der Waals surface area contributed by atoms with E-state index in [2.05, 4.69) is 4.89 Å². The lowest BCUT2D eigenvalue weighted by molar-refractivity contribution is -0.875. The number of carbonyl (C=O) groups is 1. The minimum atomic E-state index is -0.970. The molecule has 0 rings (SSSR count). The summed E-state index contributed by atoms with van der Waals surface area (Å²) in [7, 11) is 5.69. The van der Waals surface area contributed by atoms with Gasteiger partial charge < -0.3 is 9.59 Å². The Hall–Kier alpha value is -0.650. The highest BCUT2D eigenvalue weighted by Crippen LogP contribution is 2.02. The summed E-state index contributed by atoms with van der Waals surface area (Å²) in [6.07, 6.45) is -0.811. The Morgan fingerprint density at radius 2 is 2.00 bits per heavy atom. The zero-order chi connectivity index (χ0) is 9.78. The molecule has 12 heavy (non-hydrogen) atoms. The van der Waals surface area contributed by atoms with Crippen molar-refractivity contribution in [3.63, 3.8) is 0 Å². The van der Waals surface area contributed by atoms with Crippen LogP contribution in [0.2, 0.25) is 0 Å². The third-order valence-corrected chi connectivity index (χ3v) is 1.30. The summed E-state index contributed by atoms with van der Waals surface area (Å²) in [6, 6.07) is 0. The molecule has 0 aromatic carbocycles. The van der Waals surface area contributed by atoms with Crippen molar-refractivity contribution in [1.29, 1.82) is 0 Å². The Morgan fingerprint density at radius 3 is 2.25 bits per heavy atom. The summed E-state index contributed by atoms with van der Waals surface area (Å²) in [5.41, 5.74) is 0. The van der Waals surface area contributed by atoms with E-state index in [1.807, 2.05) is 21.1 Å². The predicted molar refractivity (Wildman–Crippen MR) is 42.7 cm³/mol. The summed E-state index contributed by atoms with van der Waals surface area (Å²) in [6.45, 7) is 0.461. The Bertz CT molecular complexity index is 152. The number of nitrogens with zero attached hydrogens (tertiary/aromatic N) is 1. The molecule has 72 valence electrons. The van der Waals surface area contributed by atoms with Crippen LogP contribution < -0.4 is 0 Å². The van der Waals surface area contributed by atoms with Crippen LogP contribution in [0.15, 0.2) is 0 Å². The Labute approximate surface area is 71.7 Å². The first-order valence-corrected chi connectivity index (χ1v) is 3.67. The van der Waals surface area contributed by atoms with Crippen molar-refractivity contribution in [2.75, 3.05) is 27.7 Å². The number of likely N-dealkylation sites (N-methyl/N-ethyl adjacent to an activating group) is 1. The van der Waals surface area contributed by atoms with E-state index in [9.17, 15) is 4.79 Å². The molecule has 0 aromatic rings. The third kappa shape index (κ3) is 6.09. The number of hydrogen-bond acceptors (Lipinski definition) is 3. The van der Waals surface area contributed by atoms with Crippen LogP contribution in [0.1, 0.15) is 6.42 Å².